The molecule has 0 bridgehead atoms. The average molecular weight is 532 g/mol. The molecule has 0 saturated carbocycles. The van der Waals surface area contributed by atoms with Crippen LogP contribution in [0.2, 0.25) is 0 Å². The third-order valence-corrected chi connectivity index (χ3v) is 7.92. The number of hydrogen-bond donors (Lipinski definition) is 2. The quantitative estimate of drug-likeness (QED) is 0.271. The van der Waals surface area contributed by atoms with E-state index in [1.54, 1.807) is 7.11 Å². The number of rotatable bonds is 9. The summed E-state index contributed by atoms with van der Waals surface area (Å²) in [5.74, 6) is 2.09. The zero-order valence-electron chi connectivity index (χ0n) is 22.9. The minimum absolute atomic E-state index is 0.517. The molecule has 0 atom stereocenters. The summed E-state index contributed by atoms with van der Waals surface area (Å²) in [4.78, 5) is 15.7. The summed E-state index contributed by atoms with van der Waals surface area (Å²) >= 11 is 1.88. The Hall–Kier alpha value is -3.43. The normalized spacial score (nSPS) is 14.3. The summed E-state index contributed by atoms with van der Waals surface area (Å²) in [7, 11) is 5.89. The van der Waals surface area contributed by atoms with E-state index in [4.69, 9.17) is 14.7 Å². The SMILES string of the molecule is COc1cc(N2CCN(C)CC2)ccc1Nc1nc(NCc2ccccc2SC(C)C)c2c(ccn2C)n1. The molecule has 2 aromatic heterocycles. The number of thioether (sulfide) groups is 1. The Bertz CT molecular complexity index is 1400. The first-order valence-electron chi connectivity index (χ1n) is 13.1. The zero-order valence-corrected chi connectivity index (χ0v) is 23.7. The number of aryl methyl sites for hydroxylation is 1. The zero-order chi connectivity index (χ0) is 26.6. The van der Waals surface area contributed by atoms with E-state index in [1.807, 2.05) is 31.1 Å². The number of fused-ring (bicyclic) bond motifs is 1. The molecule has 2 N–H and O–H groups in total. The lowest BCUT2D eigenvalue weighted by Gasteiger charge is -2.34. The molecular formula is C29H37N7OS. The van der Waals surface area contributed by atoms with Crippen LogP contribution in [-0.4, -0.2) is 65.0 Å². The Morgan fingerprint density at radius 3 is 2.55 bits per heavy atom. The predicted molar refractivity (Wildman–Crippen MR) is 159 cm³/mol. The summed E-state index contributed by atoms with van der Waals surface area (Å²) in [6.45, 7) is 9.25. The van der Waals surface area contributed by atoms with Crippen LogP contribution in [0.4, 0.5) is 23.1 Å². The molecule has 0 radical (unpaired) electrons. The fourth-order valence-electron chi connectivity index (χ4n) is 4.73. The van der Waals surface area contributed by atoms with Crippen LogP contribution in [0.15, 0.2) is 59.6 Å². The van der Waals surface area contributed by atoms with Gasteiger partial charge in [-0.3, -0.25) is 0 Å². The van der Waals surface area contributed by atoms with Crippen molar-refractivity contribution in [2.75, 3.05) is 55.9 Å². The van der Waals surface area contributed by atoms with Crippen molar-refractivity contribution < 1.29 is 4.74 Å². The van der Waals surface area contributed by atoms with Gasteiger partial charge in [0, 0.05) is 67.9 Å². The van der Waals surface area contributed by atoms with Gasteiger partial charge in [0.2, 0.25) is 5.95 Å². The second-order valence-corrected chi connectivity index (χ2v) is 11.6. The minimum atomic E-state index is 0.517. The number of methoxy groups -OCH3 is 1. The van der Waals surface area contributed by atoms with Gasteiger partial charge in [-0.2, -0.15) is 4.98 Å². The minimum Gasteiger partial charge on any atom is -0.494 e. The Balaban J connectivity index is 1.40. The van der Waals surface area contributed by atoms with Gasteiger partial charge >= 0.3 is 0 Å². The molecule has 9 heteroatoms. The van der Waals surface area contributed by atoms with Gasteiger partial charge in [0.1, 0.15) is 11.3 Å². The van der Waals surface area contributed by atoms with E-state index in [0.717, 1.165) is 54.5 Å². The van der Waals surface area contributed by atoms with Crippen molar-refractivity contribution in [2.45, 2.75) is 30.5 Å². The van der Waals surface area contributed by atoms with Crippen LogP contribution in [0.25, 0.3) is 11.0 Å². The van der Waals surface area contributed by atoms with Crippen LogP contribution in [0, 0.1) is 0 Å². The lowest BCUT2D eigenvalue weighted by atomic mass is 10.2. The number of anilines is 4. The van der Waals surface area contributed by atoms with Crippen LogP contribution in [0.5, 0.6) is 5.75 Å². The van der Waals surface area contributed by atoms with E-state index in [9.17, 15) is 0 Å². The predicted octanol–water partition coefficient (Wildman–Crippen LogP) is 5.58. The molecule has 4 aromatic rings. The molecule has 1 aliphatic rings. The molecule has 1 saturated heterocycles. The molecule has 38 heavy (non-hydrogen) atoms. The van der Waals surface area contributed by atoms with E-state index in [2.05, 4.69) is 88.4 Å². The number of piperazine rings is 1. The molecule has 0 spiro atoms. The molecule has 0 amide bonds. The van der Waals surface area contributed by atoms with Gasteiger partial charge in [-0.05, 0) is 36.9 Å². The second kappa shape index (κ2) is 11.5. The molecule has 1 fully saturated rings. The van der Waals surface area contributed by atoms with Crippen molar-refractivity contribution in [3.05, 3.63) is 60.3 Å². The Kier molecular flexibility index (Phi) is 7.95. The number of nitrogens with zero attached hydrogens (tertiary/aromatic N) is 5. The van der Waals surface area contributed by atoms with Crippen LogP contribution < -0.4 is 20.3 Å². The van der Waals surface area contributed by atoms with Gasteiger partial charge in [0.25, 0.3) is 0 Å². The van der Waals surface area contributed by atoms with Gasteiger partial charge < -0.3 is 29.7 Å². The Labute approximate surface area is 229 Å². The molecule has 0 aliphatic carbocycles. The first-order valence-corrected chi connectivity index (χ1v) is 14.0. The molecule has 3 heterocycles. The molecule has 2 aromatic carbocycles. The highest BCUT2D eigenvalue weighted by molar-refractivity contribution is 8.00. The fraction of sp³-hybridized carbons (Fsp3) is 0.379. The summed E-state index contributed by atoms with van der Waals surface area (Å²) in [5, 5.41) is 7.52. The second-order valence-electron chi connectivity index (χ2n) is 9.98. The van der Waals surface area contributed by atoms with Crippen molar-refractivity contribution in [1.29, 1.82) is 0 Å². The van der Waals surface area contributed by atoms with E-state index in [1.165, 1.54) is 16.1 Å². The number of aromatic nitrogens is 3. The fourth-order valence-corrected chi connectivity index (χ4v) is 5.69. The van der Waals surface area contributed by atoms with Crippen molar-refractivity contribution in [2.24, 2.45) is 7.05 Å². The van der Waals surface area contributed by atoms with Gasteiger partial charge in [0.15, 0.2) is 5.82 Å². The topological polar surface area (TPSA) is 70.5 Å². The van der Waals surface area contributed by atoms with Gasteiger partial charge in [-0.15, -0.1) is 11.8 Å². The van der Waals surface area contributed by atoms with E-state index in [-0.39, 0.29) is 0 Å². The maximum atomic E-state index is 5.76. The highest BCUT2D eigenvalue weighted by atomic mass is 32.2. The first-order chi connectivity index (χ1) is 18.4. The Morgan fingerprint density at radius 2 is 1.79 bits per heavy atom. The molecule has 1 aliphatic heterocycles. The van der Waals surface area contributed by atoms with Crippen LogP contribution in [0.1, 0.15) is 19.4 Å². The number of benzene rings is 2. The molecule has 8 nitrogen and oxygen atoms in total. The van der Waals surface area contributed by atoms with Crippen molar-refractivity contribution >= 4 is 45.9 Å². The number of nitrogens with one attached hydrogen (secondary N) is 2. The number of ether oxygens (including phenoxy) is 1. The largest absolute Gasteiger partial charge is 0.494 e. The van der Waals surface area contributed by atoms with Gasteiger partial charge in [0.05, 0.1) is 18.3 Å². The third-order valence-electron chi connectivity index (χ3n) is 6.80. The Morgan fingerprint density at radius 1 is 1.00 bits per heavy atom. The number of hydrogen-bond acceptors (Lipinski definition) is 8. The molecule has 0 unspecified atom stereocenters. The van der Waals surface area contributed by atoms with Crippen molar-refractivity contribution in [3.63, 3.8) is 0 Å². The summed E-state index contributed by atoms with van der Waals surface area (Å²) in [5.41, 5.74) is 5.11. The highest BCUT2D eigenvalue weighted by Gasteiger charge is 2.17. The smallest absolute Gasteiger partial charge is 0.229 e. The van der Waals surface area contributed by atoms with Crippen LogP contribution in [0.3, 0.4) is 0 Å². The molecule has 200 valence electrons. The average Bonchev–Trinajstić information content (AvgIpc) is 3.29. The van der Waals surface area contributed by atoms with E-state index in [0.29, 0.717) is 17.7 Å². The van der Waals surface area contributed by atoms with Gasteiger partial charge in [-0.25, -0.2) is 4.98 Å². The molecular weight excluding hydrogens is 494 g/mol. The van der Waals surface area contributed by atoms with E-state index >= 15 is 0 Å². The summed E-state index contributed by atoms with van der Waals surface area (Å²) in [6.07, 6.45) is 2.02. The maximum Gasteiger partial charge on any atom is 0.229 e. The standard InChI is InChI=1S/C29H37N7OS/c1-20(2)38-26-9-7-6-8-21(26)19-30-28-27-24(12-13-35(27)4)32-29(33-28)31-23-11-10-22(18-25(23)37-5)36-16-14-34(3)15-17-36/h6-13,18,20H,14-17,19H2,1-5H3,(H2,30,31,32,33). The van der Waals surface area contributed by atoms with Crippen LogP contribution in [-0.2, 0) is 13.6 Å². The maximum absolute atomic E-state index is 5.76. The van der Waals surface area contributed by atoms with Crippen LogP contribution >= 0.6 is 11.8 Å². The molecule has 5 rings (SSSR count). The summed E-state index contributed by atoms with van der Waals surface area (Å²) < 4.78 is 7.82. The van der Waals surface area contributed by atoms with E-state index < -0.39 is 0 Å². The summed E-state index contributed by atoms with van der Waals surface area (Å²) in [6, 6.07) is 16.8. The van der Waals surface area contributed by atoms with Crippen molar-refractivity contribution in [3.8, 4) is 5.75 Å². The third kappa shape index (κ3) is 5.84. The lowest BCUT2D eigenvalue weighted by molar-refractivity contribution is 0.312. The lowest BCUT2D eigenvalue weighted by Crippen LogP contribution is -2.44. The number of likely N-dealkylation sites (N-methyl/N-ethyl adjacent to an activating group) is 1. The van der Waals surface area contributed by atoms with Gasteiger partial charge in [-0.1, -0.05) is 32.0 Å². The van der Waals surface area contributed by atoms with Crippen molar-refractivity contribution in [1.82, 2.24) is 19.4 Å². The highest BCUT2D eigenvalue weighted by Crippen LogP contribution is 2.33. The monoisotopic (exact) mass is 531 g/mol. The first kappa shape index (κ1) is 26.2.